The van der Waals surface area contributed by atoms with Gasteiger partial charge in [0.25, 0.3) is 0 Å². The van der Waals surface area contributed by atoms with Gasteiger partial charge < -0.3 is 15.0 Å². The Hall–Kier alpha value is -1.55. The number of ether oxygens (including phenoxy) is 1. The second-order valence-electron chi connectivity index (χ2n) is 6.60. The molecule has 0 spiro atoms. The predicted octanol–water partition coefficient (Wildman–Crippen LogP) is 3.69. The molecule has 9 heteroatoms. The molecule has 156 valence electrons. The Bertz CT molecular complexity index is 765. The average Bonchev–Trinajstić information content (AvgIpc) is 2.99. The first-order chi connectivity index (χ1) is 12.9. The average molecular weight is 521 g/mol. The summed E-state index contributed by atoms with van der Waals surface area (Å²) in [4.78, 5) is 10.9. The van der Waals surface area contributed by atoms with E-state index in [2.05, 4.69) is 52.3 Å². The molecule has 0 bridgehead atoms. The van der Waals surface area contributed by atoms with Gasteiger partial charge in [-0.05, 0) is 25.0 Å². The Balaban J connectivity index is 0.00000392. The monoisotopic (exact) mass is 520 g/mol. The zero-order chi connectivity index (χ0) is 19.8. The van der Waals surface area contributed by atoms with Crippen LogP contribution in [-0.2, 0) is 13.6 Å². The Morgan fingerprint density at radius 3 is 2.82 bits per heavy atom. The van der Waals surface area contributed by atoms with Gasteiger partial charge in [0.05, 0.1) is 12.2 Å². The SMILES string of the molecule is CCNC(=NCCOc1ncccc1Cl)N(C)Cc1cn(C)nc1C(C)C.I. The fourth-order valence-electron chi connectivity index (χ4n) is 2.73. The molecule has 2 rings (SSSR count). The van der Waals surface area contributed by atoms with Crippen molar-refractivity contribution >= 4 is 41.5 Å². The summed E-state index contributed by atoms with van der Waals surface area (Å²) in [6.45, 7) is 8.81. The van der Waals surface area contributed by atoms with Gasteiger partial charge in [-0.15, -0.1) is 24.0 Å². The summed E-state index contributed by atoms with van der Waals surface area (Å²) in [5.41, 5.74) is 2.32. The van der Waals surface area contributed by atoms with Crippen LogP contribution in [0.5, 0.6) is 5.88 Å². The molecule has 0 amide bonds. The number of aryl methyl sites for hydroxylation is 1. The van der Waals surface area contributed by atoms with E-state index in [9.17, 15) is 0 Å². The zero-order valence-corrected chi connectivity index (χ0v) is 20.2. The van der Waals surface area contributed by atoms with E-state index in [0.29, 0.717) is 30.0 Å². The fourth-order valence-corrected chi connectivity index (χ4v) is 2.91. The van der Waals surface area contributed by atoms with Crippen molar-refractivity contribution in [3.05, 3.63) is 40.8 Å². The van der Waals surface area contributed by atoms with E-state index in [1.165, 1.54) is 5.56 Å². The molecule has 0 unspecified atom stereocenters. The van der Waals surface area contributed by atoms with Crippen LogP contribution in [0.1, 0.15) is 37.9 Å². The minimum atomic E-state index is 0. The molecule has 0 saturated heterocycles. The highest BCUT2D eigenvalue weighted by Crippen LogP contribution is 2.20. The number of pyridine rings is 1. The van der Waals surface area contributed by atoms with Crippen LogP contribution in [0.4, 0.5) is 0 Å². The van der Waals surface area contributed by atoms with E-state index < -0.39 is 0 Å². The third-order valence-electron chi connectivity index (χ3n) is 3.90. The lowest BCUT2D eigenvalue weighted by atomic mass is 10.1. The van der Waals surface area contributed by atoms with Crippen molar-refractivity contribution in [3.63, 3.8) is 0 Å². The van der Waals surface area contributed by atoms with Gasteiger partial charge >= 0.3 is 0 Å². The maximum Gasteiger partial charge on any atom is 0.232 e. The Morgan fingerprint density at radius 2 is 2.18 bits per heavy atom. The van der Waals surface area contributed by atoms with Crippen molar-refractivity contribution < 1.29 is 4.74 Å². The normalized spacial score (nSPS) is 11.3. The van der Waals surface area contributed by atoms with Crippen LogP contribution in [-0.4, -0.2) is 52.4 Å². The second-order valence-corrected chi connectivity index (χ2v) is 7.01. The first-order valence-corrected chi connectivity index (χ1v) is 9.55. The molecule has 0 radical (unpaired) electrons. The van der Waals surface area contributed by atoms with Gasteiger partial charge in [0.2, 0.25) is 5.88 Å². The van der Waals surface area contributed by atoms with Crippen molar-refractivity contribution in [3.8, 4) is 5.88 Å². The number of halogens is 2. The van der Waals surface area contributed by atoms with E-state index in [1.807, 2.05) is 18.8 Å². The van der Waals surface area contributed by atoms with Crippen molar-refractivity contribution in [1.82, 2.24) is 25.0 Å². The highest BCUT2D eigenvalue weighted by molar-refractivity contribution is 14.0. The van der Waals surface area contributed by atoms with Crippen LogP contribution in [0.15, 0.2) is 29.5 Å². The number of aliphatic imine (C=N–C) groups is 1. The quantitative estimate of drug-likeness (QED) is 0.249. The van der Waals surface area contributed by atoms with Gasteiger partial charge in [0.15, 0.2) is 5.96 Å². The Labute approximate surface area is 189 Å². The van der Waals surface area contributed by atoms with Crippen molar-refractivity contribution in [2.75, 3.05) is 26.7 Å². The summed E-state index contributed by atoms with van der Waals surface area (Å²) in [5, 5.41) is 8.40. The molecule has 1 N–H and O–H groups in total. The summed E-state index contributed by atoms with van der Waals surface area (Å²) >= 11 is 6.05. The molecule has 7 nitrogen and oxygen atoms in total. The smallest absolute Gasteiger partial charge is 0.232 e. The minimum Gasteiger partial charge on any atom is -0.475 e. The molecular formula is C19H30ClIN6O. The standard InChI is InChI=1S/C19H29ClN6O.HI/c1-6-21-19(23-10-11-27-18-16(20)8-7-9-22-18)25(4)12-15-13-26(5)24-17(15)14(2)3;/h7-9,13-14H,6,10-12H2,1-5H3,(H,21,23);1H. The number of guanidine groups is 1. The number of nitrogens with one attached hydrogen (secondary N) is 1. The van der Waals surface area contributed by atoms with Crippen LogP contribution in [0.25, 0.3) is 0 Å². The molecule has 2 aromatic rings. The molecule has 0 fully saturated rings. The van der Waals surface area contributed by atoms with Crippen molar-refractivity contribution in [2.45, 2.75) is 33.2 Å². The highest BCUT2D eigenvalue weighted by atomic mass is 127. The van der Waals surface area contributed by atoms with E-state index in [4.69, 9.17) is 16.3 Å². The summed E-state index contributed by atoms with van der Waals surface area (Å²) in [6.07, 6.45) is 3.73. The van der Waals surface area contributed by atoms with E-state index in [0.717, 1.165) is 24.7 Å². The lowest BCUT2D eigenvalue weighted by Crippen LogP contribution is -2.39. The predicted molar refractivity (Wildman–Crippen MR) is 125 cm³/mol. The second kappa shape index (κ2) is 12.1. The molecule has 0 aromatic carbocycles. The van der Waals surface area contributed by atoms with E-state index in [1.54, 1.807) is 18.3 Å². The van der Waals surface area contributed by atoms with Crippen molar-refractivity contribution in [1.29, 1.82) is 0 Å². The van der Waals surface area contributed by atoms with Crippen LogP contribution < -0.4 is 10.1 Å². The molecule has 0 aliphatic rings. The molecular weight excluding hydrogens is 491 g/mol. The largest absolute Gasteiger partial charge is 0.475 e. The topological polar surface area (TPSA) is 67.6 Å². The van der Waals surface area contributed by atoms with Gasteiger partial charge in [0.1, 0.15) is 11.6 Å². The summed E-state index contributed by atoms with van der Waals surface area (Å²) < 4.78 is 7.48. The van der Waals surface area contributed by atoms with Gasteiger partial charge in [-0.25, -0.2) is 9.98 Å². The lowest BCUT2D eigenvalue weighted by Gasteiger charge is -2.22. The van der Waals surface area contributed by atoms with Gasteiger partial charge in [-0.3, -0.25) is 4.68 Å². The first kappa shape index (κ1) is 24.5. The summed E-state index contributed by atoms with van der Waals surface area (Å²) in [7, 11) is 3.98. The number of hydrogen-bond acceptors (Lipinski definition) is 4. The van der Waals surface area contributed by atoms with Gasteiger partial charge in [-0.1, -0.05) is 25.4 Å². The number of aromatic nitrogens is 3. The minimum absolute atomic E-state index is 0. The van der Waals surface area contributed by atoms with Crippen LogP contribution >= 0.6 is 35.6 Å². The molecule has 0 aliphatic carbocycles. The molecule has 2 heterocycles. The number of hydrogen-bond donors (Lipinski definition) is 1. The van der Waals surface area contributed by atoms with Gasteiger partial charge in [0, 0.05) is 45.1 Å². The third kappa shape index (κ3) is 7.12. The molecule has 2 aromatic heterocycles. The first-order valence-electron chi connectivity index (χ1n) is 9.17. The molecule has 0 atom stereocenters. The van der Waals surface area contributed by atoms with Crippen LogP contribution in [0, 0.1) is 0 Å². The van der Waals surface area contributed by atoms with E-state index in [-0.39, 0.29) is 24.0 Å². The van der Waals surface area contributed by atoms with Crippen molar-refractivity contribution in [2.24, 2.45) is 12.0 Å². The molecule has 0 aliphatic heterocycles. The van der Waals surface area contributed by atoms with Crippen LogP contribution in [0.3, 0.4) is 0 Å². The Morgan fingerprint density at radius 1 is 1.43 bits per heavy atom. The van der Waals surface area contributed by atoms with E-state index >= 15 is 0 Å². The molecule has 0 saturated carbocycles. The lowest BCUT2D eigenvalue weighted by molar-refractivity contribution is 0.315. The third-order valence-corrected chi connectivity index (χ3v) is 4.19. The Kier molecular flexibility index (Phi) is 10.6. The molecule has 28 heavy (non-hydrogen) atoms. The van der Waals surface area contributed by atoms with Gasteiger partial charge in [-0.2, -0.15) is 5.10 Å². The zero-order valence-electron chi connectivity index (χ0n) is 17.1. The number of nitrogens with zero attached hydrogens (tertiary/aromatic N) is 5. The summed E-state index contributed by atoms with van der Waals surface area (Å²) in [5.74, 6) is 1.64. The fraction of sp³-hybridized carbons (Fsp3) is 0.526. The maximum atomic E-state index is 6.05. The number of rotatable bonds is 8. The van der Waals surface area contributed by atoms with Crippen LogP contribution in [0.2, 0.25) is 5.02 Å². The maximum absolute atomic E-state index is 6.05. The summed E-state index contributed by atoms with van der Waals surface area (Å²) in [6, 6.07) is 3.53. The highest BCUT2D eigenvalue weighted by Gasteiger charge is 2.15.